The van der Waals surface area contributed by atoms with Crippen LogP contribution in [0.25, 0.3) is 0 Å². The van der Waals surface area contributed by atoms with Gasteiger partial charge in [-0.15, -0.1) is 0 Å². The van der Waals surface area contributed by atoms with Crippen molar-refractivity contribution in [3.8, 4) is 0 Å². The summed E-state index contributed by atoms with van der Waals surface area (Å²) in [5.41, 5.74) is 0. The average Bonchev–Trinajstić information content (AvgIpc) is 2.35. The van der Waals surface area contributed by atoms with Gasteiger partial charge in [0.1, 0.15) is 9.84 Å². The summed E-state index contributed by atoms with van der Waals surface area (Å²) in [6.07, 6.45) is 4.33. The Morgan fingerprint density at radius 1 is 1.26 bits per heavy atom. The average molecular weight is 290 g/mol. The number of sulfone groups is 1. The van der Waals surface area contributed by atoms with E-state index in [1.54, 1.807) is 0 Å². The van der Waals surface area contributed by atoms with Gasteiger partial charge in [-0.3, -0.25) is 9.69 Å². The van der Waals surface area contributed by atoms with E-state index >= 15 is 0 Å². The second-order valence-electron chi connectivity index (χ2n) is 5.34. The van der Waals surface area contributed by atoms with Crippen molar-refractivity contribution in [2.75, 3.05) is 25.9 Å². The van der Waals surface area contributed by atoms with Gasteiger partial charge >= 0.3 is 0 Å². The summed E-state index contributed by atoms with van der Waals surface area (Å²) in [4.78, 5) is 13.9. The third kappa shape index (κ3) is 5.48. The van der Waals surface area contributed by atoms with Crippen LogP contribution in [0.1, 0.15) is 39.5 Å². The molecule has 0 spiro atoms. The van der Waals surface area contributed by atoms with E-state index in [0.29, 0.717) is 13.0 Å². The lowest BCUT2D eigenvalue weighted by Crippen LogP contribution is -2.45. The molecule has 5 nitrogen and oxygen atoms in total. The standard InChI is InChI=1S/C13H26N2O3S/c1-4-15(5-2)10-13(16)14-11-7-6-8-12(9-11)19(3,17)18/h11-12H,4-10H2,1-3H3,(H,14,16)/t11-,12+/m0/s1. The fraction of sp³-hybridized carbons (Fsp3) is 0.923. The number of rotatable bonds is 6. The molecule has 0 bridgehead atoms. The predicted octanol–water partition coefficient (Wildman–Crippen LogP) is 0.800. The molecular formula is C13H26N2O3S. The molecule has 0 radical (unpaired) electrons. The lowest BCUT2D eigenvalue weighted by molar-refractivity contribution is -0.123. The van der Waals surface area contributed by atoms with Gasteiger partial charge in [0.2, 0.25) is 5.91 Å². The monoisotopic (exact) mass is 290 g/mol. The van der Waals surface area contributed by atoms with Gasteiger partial charge in [0, 0.05) is 12.3 Å². The van der Waals surface area contributed by atoms with Gasteiger partial charge in [0.25, 0.3) is 0 Å². The second-order valence-corrected chi connectivity index (χ2v) is 7.67. The molecule has 0 saturated heterocycles. The Morgan fingerprint density at radius 2 is 1.89 bits per heavy atom. The minimum Gasteiger partial charge on any atom is -0.352 e. The summed E-state index contributed by atoms with van der Waals surface area (Å²) in [5.74, 6) is 0.00264. The molecule has 1 aliphatic carbocycles. The molecule has 2 atom stereocenters. The first kappa shape index (κ1) is 16.4. The highest BCUT2D eigenvalue weighted by molar-refractivity contribution is 7.91. The van der Waals surface area contributed by atoms with Crippen molar-refractivity contribution in [3.05, 3.63) is 0 Å². The van der Waals surface area contributed by atoms with Crippen LogP contribution < -0.4 is 5.32 Å². The Morgan fingerprint density at radius 3 is 2.42 bits per heavy atom. The molecule has 0 unspecified atom stereocenters. The number of carbonyl (C=O) groups excluding carboxylic acids is 1. The zero-order valence-electron chi connectivity index (χ0n) is 12.2. The maximum absolute atomic E-state index is 11.9. The van der Waals surface area contributed by atoms with Crippen LogP contribution in [0, 0.1) is 0 Å². The van der Waals surface area contributed by atoms with Crippen molar-refractivity contribution in [1.82, 2.24) is 10.2 Å². The first-order valence-corrected chi connectivity index (χ1v) is 9.02. The molecule has 1 saturated carbocycles. The molecule has 1 fully saturated rings. The Balaban J connectivity index is 2.46. The molecule has 0 heterocycles. The maximum Gasteiger partial charge on any atom is 0.234 e. The molecular weight excluding hydrogens is 264 g/mol. The molecule has 0 aromatic heterocycles. The highest BCUT2D eigenvalue weighted by atomic mass is 32.2. The number of carbonyl (C=O) groups is 1. The van der Waals surface area contributed by atoms with Gasteiger partial charge in [-0.05, 0) is 32.4 Å². The summed E-state index contributed by atoms with van der Waals surface area (Å²) in [7, 11) is -2.99. The van der Waals surface area contributed by atoms with E-state index in [1.807, 2.05) is 18.7 Å². The number of amides is 1. The minimum absolute atomic E-state index is 0.00264. The van der Waals surface area contributed by atoms with Crippen LogP contribution in [0.2, 0.25) is 0 Å². The lowest BCUT2D eigenvalue weighted by atomic mass is 9.95. The van der Waals surface area contributed by atoms with Gasteiger partial charge in [0.15, 0.2) is 0 Å². The molecule has 112 valence electrons. The molecule has 19 heavy (non-hydrogen) atoms. The highest BCUT2D eigenvalue weighted by Crippen LogP contribution is 2.23. The maximum atomic E-state index is 11.9. The molecule has 1 amide bonds. The summed E-state index contributed by atoms with van der Waals surface area (Å²) in [6, 6.07) is 0.0107. The summed E-state index contributed by atoms with van der Waals surface area (Å²) in [5, 5.41) is 2.68. The second kappa shape index (κ2) is 7.24. The van der Waals surface area contributed by atoms with Crippen LogP contribution in [0.5, 0.6) is 0 Å². The van der Waals surface area contributed by atoms with E-state index in [4.69, 9.17) is 0 Å². The largest absolute Gasteiger partial charge is 0.352 e. The quantitative estimate of drug-likeness (QED) is 0.786. The number of nitrogens with zero attached hydrogens (tertiary/aromatic N) is 1. The van der Waals surface area contributed by atoms with Crippen molar-refractivity contribution in [1.29, 1.82) is 0 Å². The Bertz CT molecular complexity index is 391. The number of likely N-dealkylation sites (N-methyl/N-ethyl adjacent to an activating group) is 1. The molecule has 0 aromatic rings. The van der Waals surface area contributed by atoms with Crippen LogP contribution in [0.15, 0.2) is 0 Å². The summed E-state index contributed by atoms with van der Waals surface area (Å²) >= 11 is 0. The van der Waals surface area contributed by atoms with Crippen LogP contribution in [0.3, 0.4) is 0 Å². The van der Waals surface area contributed by atoms with E-state index < -0.39 is 9.84 Å². The van der Waals surface area contributed by atoms with Gasteiger partial charge in [-0.2, -0.15) is 0 Å². The first-order chi connectivity index (χ1) is 8.86. The van der Waals surface area contributed by atoms with Gasteiger partial charge < -0.3 is 5.32 Å². The van der Waals surface area contributed by atoms with Crippen LogP contribution >= 0.6 is 0 Å². The van der Waals surface area contributed by atoms with E-state index in [9.17, 15) is 13.2 Å². The van der Waals surface area contributed by atoms with Gasteiger partial charge in [-0.25, -0.2) is 8.42 Å². The van der Waals surface area contributed by atoms with E-state index in [1.165, 1.54) is 6.26 Å². The zero-order valence-corrected chi connectivity index (χ0v) is 13.0. The lowest BCUT2D eigenvalue weighted by Gasteiger charge is -2.29. The molecule has 0 aromatic carbocycles. The smallest absolute Gasteiger partial charge is 0.234 e. The van der Waals surface area contributed by atoms with Crippen LogP contribution in [-0.2, 0) is 14.6 Å². The van der Waals surface area contributed by atoms with Crippen molar-refractivity contribution in [2.24, 2.45) is 0 Å². The Hall–Kier alpha value is -0.620. The zero-order chi connectivity index (χ0) is 14.5. The van der Waals surface area contributed by atoms with Crippen molar-refractivity contribution in [2.45, 2.75) is 50.8 Å². The Kier molecular flexibility index (Phi) is 6.26. The number of hydrogen-bond acceptors (Lipinski definition) is 4. The van der Waals surface area contributed by atoms with E-state index in [0.717, 1.165) is 32.4 Å². The van der Waals surface area contributed by atoms with Gasteiger partial charge in [-0.1, -0.05) is 20.3 Å². The molecule has 0 aliphatic heterocycles. The molecule has 1 rings (SSSR count). The fourth-order valence-corrected chi connectivity index (χ4v) is 3.77. The normalized spacial score (nSPS) is 24.4. The first-order valence-electron chi connectivity index (χ1n) is 7.07. The summed E-state index contributed by atoms with van der Waals surface area (Å²) in [6.45, 7) is 6.14. The van der Waals surface area contributed by atoms with Crippen molar-refractivity contribution < 1.29 is 13.2 Å². The molecule has 1 N–H and O–H groups in total. The van der Waals surface area contributed by atoms with Gasteiger partial charge in [0.05, 0.1) is 11.8 Å². The van der Waals surface area contributed by atoms with Crippen LogP contribution in [0.4, 0.5) is 0 Å². The SMILES string of the molecule is CCN(CC)CC(=O)N[C@H]1CCC[C@@H](S(C)(=O)=O)C1. The van der Waals surface area contributed by atoms with E-state index in [2.05, 4.69) is 5.32 Å². The van der Waals surface area contributed by atoms with E-state index in [-0.39, 0.29) is 17.2 Å². The molecule has 1 aliphatic rings. The third-order valence-corrected chi connectivity index (χ3v) is 5.50. The van der Waals surface area contributed by atoms with Crippen molar-refractivity contribution in [3.63, 3.8) is 0 Å². The predicted molar refractivity (Wildman–Crippen MR) is 76.8 cm³/mol. The number of nitrogens with one attached hydrogen (secondary N) is 1. The van der Waals surface area contributed by atoms with Crippen LogP contribution in [-0.4, -0.2) is 56.4 Å². The third-order valence-electron chi connectivity index (χ3n) is 3.86. The fourth-order valence-electron chi connectivity index (χ4n) is 2.59. The van der Waals surface area contributed by atoms with Crippen molar-refractivity contribution >= 4 is 15.7 Å². The number of hydrogen-bond donors (Lipinski definition) is 1. The highest BCUT2D eigenvalue weighted by Gasteiger charge is 2.29. The Labute approximate surface area is 116 Å². The molecule has 6 heteroatoms. The summed E-state index contributed by atoms with van der Waals surface area (Å²) < 4.78 is 23.1. The minimum atomic E-state index is -2.99. The topological polar surface area (TPSA) is 66.5 Å².